The van der Waals surface area contributed by atoms with Crippen LogP contribution in [0.1, 0.15) is 26.2 Å². The van der Waals surface area contributed by atoms with Crippen LogP contribution in [-0.4, -0.2) is 33.7 Å². The van der Waals surface area contributed by atoms with Gasteiger partial charge in [-0.3, -0.25) is 10.1 Å². The lowest BCUT2D eigenvalue weighted by atomic mass is 9.92. The van der Waals surface area contributed by atoms with Gasteiger partial charge in [-0.15, -0.1) is 0 Å². The molecule has 13 heavy (non-hydrogen) atoms. The molecule has 0 aromatic carbocycles. The Morgan fingerprint density at radius 1 is 1.62 bits per heavy atom. The van der Waals surface area contributed by atoms with E-state index in [1.54, 1.807) is 11.8 Å². The maximum Gasteiger partial charge on any atom is 0.325 e. The fraction of sp³-hybridized carbons (Fsp3) is 0.889. The average molecular weight is 201 g/mol. The molecule has 2 fully saturated rings. The van der Waals surface area contributed by atoms with Crippen molar-refractivity contribution in [1.82, 2.24) is 5.32 Å². The molecule has 0 amide bonds. The Morgan fingerprint density at radius 3 is 2.69 bits per heavy atom. The van der Waals surface area contributed by atoms with Crippen molar-refractivity contribution in [3.05, 3.63) is 0 Å². The number of aliphatic carboxylic acids is 1. The number of carboxylic acid groups (broad SMARTS) is 1. The van der Waals surface area contributed by atoms with Crippen LogP contribution >= 0.6 is 11.8 Å². The summed E-state index contributed by atoms with van der Waals surface area (Å²) in [4.78, 5) is 11.2. The van der Waals surface area contributed by atoms with E-state index in [0.717, 1.165) is 25.0 Å². The summed E-state index contributed by atoms with van der Waals surface area (Å²) in [5, 5.41) is 12.7. The highest BCUT2D eigenvalue weighted by Gasteiger charge is 2.50. The average Bonchev–Trinajstić information content (AvgIpc) is 2.78. The fourth-order valence-electron chi connectivity index (χ4n) is 1.87. The fourth-order valence-corrected chi connectivity index (χ4v) is 3.23. The Hall–Kier alpha value is -0.220. The Bertz CT molecular complexity index is 230. The van der Waals surface area contributed by atoms with Gasteiger partial charge in [-0.1, -0.05) is 6.92 Å². The molecule has 0 spiro atoms. The molecule has 2 N–H and O–H groups in total. The Labute approximate surface area is 82.3 Å². The second kappa shape index (κ2) is 3.17. The molecule has 74 valence electrons. The van der Waals surface area contributed by atoms with Crippen molar-refractivity contribution >= 4 is 17.7 Å². The SMILES string of the molecule is CC1SCCC1(NC1CC1)C(=O)O. The highest BCUT2D eigenvalue weighted by atomic mass is 32.2. The molecule has 1 saturated heterocycles. The summed E-state index contributed by atoms with van der Waals surface area (Å²) in [5.41, 5.74) is -0.633. The molecule has 0 aromatic rings. The van der Waals surface area contributed by atoms with Crippen LogP contribution < -0.4 is 5.32 Å². The minimum absolute atomic E-state index is 0.200. The minimum atomic E-state index is -0.670. The van der Waals surface area contributed by atoms with Gasteiger partial charge in [-0.05, 0) is 25.0 Å². The first-order valence-corrected chi connectivity index (χ1v) is 5.83. The molecule has 2 aliphatic rings. The number of thioether (sulfide) groups is 1. The second-order valence-corrected chi connectivity index (χ2v) is 5.41. The molecule has 1 aliphatic heterocycles. The Kier molecular flexibility index (Phi) is 2.28. The van der Waals surface area contributed by atoms with Crippen LogP contribution in [0, 0.1) is 0 Å². The standard InChI is InChI=1S/C9H15NO2S/c1-6-9(8(11)12,4-5-13-6)10-7-2-3-7/h6-7,10H,2-5H2,1H3,(H,11,12). The summed E-state index contributed by atoms with van der Waals surface area (Å²) in [6.07, 6.45) is 3.06. The second-order valence-electron chi connectivity index (χ2n) is 3.96. The van der Waals surface area contributed by atoms with Crippen molar-refractivity contribution in [2.75, 3.05) is 5.75 Å². The predicted octanol–water partition coefficient (Wildman–Crippen LogP) is 1.09. The quantitative estimate of drug-likeness (QED) is 0.717. The first kappa shape index (κ1) is 9.34. The number of rotatable bonds is 3. The first-order valence-electron chi connectivity index (χ1n) is 4.78. The molecule has 0 bridgehead atoms. The van der Waals surface area contributed by atoms with Gasteiger partial charge in [-0.25, -0.2) is 0 Å². The van der Waals surface area contributed by atoms with E-state index < -0.39 is 11.5 Å². The largest absolute Gasteiger partial charge is 0.480 e. The van der Waals surface area contributed by atoms with Gasteiger partial charge in [0.1, 0.15) is 5.54 Å². The van der Waals surface area contributed by atoms with Crippen molar-refractivity contribution in [2.24, 2.45) is 0 Å². The summed E-state index contributed by atoms with van der Waals surface area (Å²) in [6.45, 7) is 2.02. The third-order valence-corrected chi connectivity index (χ3v) is 4.32. The normalized spacial score (nSPS) is 39.3. The molecule has 2 unspecified atom stereocenters. The summed E-state index contributed by atoms with van der Waals surface area (Å²) in [5.74, 6) is 0.296. The third-order valence-electron chi connectivity index (χ3n) is 2.98. The summed E-state index contributed by atoms with van der Waals surface area (Å²) in [6, 6.07) is 0.470. The molecule has 2 rings (SSSR count). The van der Waals surface area contributed by atoms with E-state index >= 15 is 0 Å². The van der Waals surface area contributed by atoms with E-state index in [1.807, 2.05) is 6.92 Å². The van der Waals surface area contributed by atoms with Crippen LogP contribution in [0.25, 0.3) is 0 Å². The van der Waals surface area contributed by atoms with Crippen LogP contribution in [0.15, 0.2) is 0 Å². The van der Waals surface area contributed by atoms with Gasteiger partial charge >= 0.3 is 5.97 Å². The lowest BCUT2D eigenvalue weighted by Crippen LogP contribution is -2.56. The minimum Gasteiger partial charge on any atom is -0.480 e. The van der Waals surface area contributed by atoms with E-state index in [-0.39, 0.29) is 5.25 Å². The topological polar surface area (TPSA) is 49.3 Å². The van der Waals surface area contributed by atoms with Gasteiger partial charge in [0.25, 0.3) is 0 Å². The molecule has 1 aliphatic carbocycles. The number of carbonyl (C=O) groups is 1. The zero-order valence-electron chi connectivity index (χ0n) is 7.75. The van der Waals surface area contributed by atoms with Gasteiger partial charge in [0.2, 0.25) is 0 Å². The zero-order chi connectivity index (χ0) is 9.47. The van der Waals surface area contributed by atoms with Crippen molar-refractivity contribution in [1.29, 1.82) is 0 Å². The van der Waals surface area contributed by atoms with Crippen molar-refractivity contribution in [2.45, 2.75) is 43.0 Å². The van der Waals surface area contributed by atoms with E-state index in [2.05, 4.69) is 5.32 Å². The molecule has 3 nitrogen and oxygen atoms in total. The van der Waals surface area contributed by atoms with Crippen molar-refractivity contribution < 1.29 is 9.90 Å². The van der Waals surface area contributed by atoms with Crippen LogP contribution in [0.2, 0.25) is 0 Å². The van der Waals surface area contributed by atoms with Gasteiger partial charge < -0.3 is 5.11 Å². The molecule has 1 saturated carbocycles. The lowest BCUT2D eigenvalue weighted by Gasteiger charge is -2.29. The molecule has 1 heterocycles. The zero-order valence-corrected chi connectivity index (χ0v) is 8.56. The van der Waals surface area contributed by atoms with E-state index in [9.17, 15) is 9.90 Å². The Balaban J connectivity index is 2.12. The van der Waals surface area contributed by atoms with Gasteiger partial charge in [-0.2, -0.15) is 11.8 Å². The predicted molar refractivity (Wildman–Crippen MR) is 53.1 cm³/mol. The molecule has 0 radical (unpaired) electrons. The highest BCUT2D eigenvalue weighted by Crippen LogP contribution is 2.38. The lowest BCUT2D eigenvalue weighted by molar-refractivity contribution is -0.144. The van der Waals surface area contributed by atoms with Gasteiger partial charge in [0, 0.05) is 11.3 Å². The molecule has 0 aromatic heterocycles. The molecular weight excluding hydrogens is 186 g/mol. The van der Waals surface area contributed by atoms with E-state index in [0.29, 0.717) is 6.04 Å². The van der Waals surface area contributed by atoms with Crippen LogP contribution in [0.3, 0.4) is 0 Å². The maximum atomic E-state index is 11.2. The van der Waals surface area contributed by atoms with E-state index in [4.69, 9.17) is 0 Å². The monoisotopic (exact) mass is 201 g/mol. The van der Waals surface area contributed by atoms with Crippen molar-refractivity contribution in [3.63, 3.8) is 0 Å². The molecule has 4 heteroatoms. The maximum absolute atomic E-state index is 11.2. The van der Waals surface area contributed by atoms with Gasteiger partial charge in [0.15, 0.2) is 0 Å². The van der Waals surface area contributed by atoms with Crippen LogP contribution in [-0.2, 0) is 4.79 Å². The number of carboxylic acids is 1. The number of hydrogen-bond donors (Lipinski definition) is 2. The van der Waals surface area contributed by atoms with E-state index in [1.165, 1.54) is 0 Å². The van der Waals surface area contributed by atoms with Crippen molar-refractivity contribution in [3.8, 4) is 0 Å². The van der Waals surface area contributed by atoms with Gasteiger partial charge in [0.05, 0.1) is 0 Å². The third kappa shape index (κ3) is 1.57. The first-order chi connectivity index (χ1) is 6.15. The number of hydrogen-bond acceptors (Lipinski definition) is 3. The molecule has 2 atom stereocenters. The number of nitrogens with one attached hydrogen (secondary N) is 1. The Morgan fingerprint density at radius 2 is 2.31 bits per heavy atom. The van der Waals surface area contributed by atoms with Crippen LogP contribution in [0.5, 0.6) is 0 Å². The summed E-state index contributed by atoms with van der Waals surface area (Å²) in [7, 11) is 0. The molecular formula is C9H15NO2S. The summed E-state index contributed by atoms with van der Waals surface area (Å²) < 4.78 is 0. The highest BCUT2D eigenvalue weighted by molar-refractivity contribution is 8.00. The summed E-state index contributed by atoms with van der Waals surface area (Å²) >= 11 is 1.76. The van der Waals surface area contributed by atoms with Crippen LogP contribution in [0.4, 0.5) is 0 Å². The smallest absolute Gasteiger partial charge is 0.325 e.